The molecule has 1 unspecified atom stereocenters. The first kappa shape index (κ1) is 15.0. The molecule has 0 spiro atoms. The van der Waals surface area contributed by atoms with E-state index in [1.807, 2.05) is 19.1 Å². The van der Waals surface area contributed by atoms with Crippen LogP contribution in [-0.2, 0) is 6.54 Å². The Kier molecular flexibility index (Phi) is 4.22. The van der Waals surface area contributed by atoms with Gasteiger partial charge in [0, 0.05) is 18.8 Å². The second kappa shape index (κ2) is 6.47. The quantitative estimate of drug-likeness (QED) is 0.640. The van der Waals surface area contributed by atoms with Gasteiger partial charge < -0.3 is 10.1 Å². The Hall–Kier alpha value is -2.90. The second-order valence-corrected chi connectivity index (χ2v) is 5.24. The lowest BCUT2D eigenvalue weighted by atomic mass is 10.2. The summed E-state index contributed by atoms with van der Waals surface area (Å²) in [5.41, 5.74) is 1.19. The van der Waals surface area contributed by atoms with Crippen molar-refractivity contribution in [1.82, 2.24) is 25.1 Å². The highest BCUT2D eigenvalue weighted by atomic mass is 16.5. The van der Waals surface area contributed by atoms with E-state index < -0.39 is 0 Å². The number of aromatic amines is 2. The van der Waals surface area contributed by atoms with E-state index in [1.165, 1.54) is 6.20 Å². The van der Waals surface area contributed by atoms with E-state index in [4.69, 9.17) is 4.74 Å². The summed E-state index contributed by atoms with van der Waals surface area (Å²) in [5, 5.41) is 10.0. The van der Waals surface area contributed by atoms with Crippen LogP contribution >= 0.6 is 0 Å². The van der Waals surface area contributed by atoms with Gasteiger partial charge in [-0.3, -0.25) is 14.9 Å². The molecule has 0 aromatic carbocycles. The van der Waals surface area contributed by atoms with Gasteiger partial charge in [-0.15, -0.1) is 0 Å². The number of pyridine rings is 1. The van der Waals surface area contributed by atoms with Crippen LogP contribution in [0, 0.1) is 0 Å². The first-order chi connectivity index (χ1) is 11.2. The van der Waals surface area contributed by atoms with E-state index >= 15 is 0 Å². The lowest BCUT2D eigenvalue weighted by Gasteiger charge is -2.12. The molecule has 3 rings (SSSR count). The highest BCUT2D eigenvalue weighted by molar-refractivity contribution is 5.73. The fraction of sp³-hybridized carbons (Fsp3) is 0.333. The topological polar surface area (TPSA) is 109 Å². The fourth-order valence-corrected chi connectivity index (χ4v) is 2.03. The zero-order valence-corrected chi connectivity index (χ0v) is 13.0. The van der Waals surface area contributed by atoms with Gasteiger partial charge in [0.1, 0.15) is 5.39 Å². The molecule has 0 saturated heterocycles. The zero-order chi connectivity index (χ0) is 16.2. The highest BCUT2D eigenvalue weighted by Gasteiger charge is 2.06. The SMILES string of the molecule is CCC(C)Oc1cc(CNc2nc3[nH]ncc3c(=O)[nH]2)ccn1. The average Bonchev–Trinajstić information content (AvgIpc) is 3.02. The number of H-pyrrole nitrogens is 2. The monoisotopic (exact) mass is 314 g/mol. The maximum atomic E-state index is 11.9. The van der Waals surface area contributed by atoms with Crippen molar-refractivity contribution >= 4 is 17.0 Å². The van der Waals surface area contributed by atoms with Gasteiger partial charge in [-0.05, 0) is 25.0 Å². The molecule has 3 heterocycles. The van der Waals surface area contributed by atoms with Crippen LogP contribution in [0.1, 0.15) is 25.8 Å². The largest absolute Gasteiger partial charge is 0.475 e. The van der Waals surface area contributed by atoms with E-state index in [9.17, 15) is 4.79 Å². The lowest BCUT2D eigenvalue weighted by molar-refractivity contribution is 0.208. The molecule has 3 aromatic heterocycles. The molecule has 8 heteroatoms. The minimum Gasteiger partial charge on any atom is -0.475 e. The normalized spacial score (nSPS) is 12.3. The predicted octanol–water partition coefficient (Wildman–Crippen LogP) is 1.83. The van der Waals surface area contributed by atoms with Gasteiger partial charge in [-0.1, -0.05) is 6.92 Å². The third-order valence-electron chi connectivity index (χ3n) is 3.48. The van der Waals surface area contributed by atoms with Crippen LogP contribution in [0.3, 0.4) is 0 Å². The summed E-state index contributed by atoms with van der Waals surface area (Å²) in [7, 11) is 0. The van der Waals surface area contributed by atoms with Gasteiger partial charge in [0.05, 0.1) is 12.3 Å². The molecule has 23 heavy (non-hydrogen) atoms. The molecule has 1 atom stereocenters. The smallest absolute Gasteiger partial charge is 0.263 e. The highest BCUT2D eigenvalue weighted by Crippen LogP contribution is 2.13. The first-order valence-electron chi connectivity index (χ1n) is 7.44. The molecule has 0 aliphatic heterocycles. The van der Waals surface area contributed by atoms with Gasteiger partial charge in [-0.25, -0.2) is 4.98 Å². The third-order valence-corrected chi connectivity index (χ3v) is 3.48. The van der Waals surface area contributed by atoms with Crippen molar-refractivity contribution in [1.29, 1.82) is 0 Å². The van der Waals surface area contributed by atoms with Crippen molar-refractivity contribution in [2.75, 3.05) is 5.32 Å². The minimum absolute atomic E-state index is 0.117. The molecule has 3 aromatic rings. The first-order valence-corrected chi connectivity index (χ1v) is 7.44. The van der Waals surface area contributed by atoms with Crippen molar-refractivity contribution in [2.45, 2.75) is 32.9 Å². The van der Waals surface area contributed by atoms with Gasteiger partial charge >= 0.3 is 0 Å². The molecule has 8 nitrogen and oxygen atoms in total. The number of ether oxygens (including phenoxy) is 1. The molecule has 120 valence electrons. The summed E-state index contributed by atoms with van der Waals surface area (Å²) in [6.45, 7) is 4.55. The summed E-state index contributed by atoms with van der Waals surface area (Å²) in [6.07, 6.45) is 4.18. The van der Waals surface area contributed by atoms with E-state index in [0.717, 1.165) is 12.0 Å². The Morgan fingerprint density at radius 1 is 1.43 bits per heavy atom. The van der Waals surface area contributed by atoms with Gasteiger partial charge in [-0.2, -0.15) is 10.1 Å². The Morgan fingerprint density at radius 2 is 2.30 bits per heavy atom. The summed E-state index contributed by atoms with van der Waals surface area (Å²) >= 11 is 0. The molecule has 0 fully saturated rings. The summed E-state index contributed by atoms with van der Waals surface area (Å²) < 4.78 is 5.70. The van der Waals surface area contributed by atoms with Crippen LogP contribution in [0.25, 0.3) is 11.0 Å². The molecule has 3 N–H and O–H groups in total. The Labute approximate surface area is 132 Å². The number of fused-ring (bicyclic) bond motifs is 1. The van der Waals surface area contributed by atoms with Gasteiger partial charge in [0.2, 0.25) is 11.8 Å². The van der Waals surface area contributed by atoms with Crippen LogP contribution in [0.2, 0.25) is 0 Å². The number of hydrogen-bond acceptors (Lipinski definition) is 6. The Morgan fingerprint density at radius 3 is 3.13 bits per heavy atom. The predicted molar refractivity (Wildman–Crippen MR) is 86.5 cm³/mol. The molecule has 0 radical (unpaired) electrons. The lowest BCUT2D eigenvalue weighted by Crippen LogP contribution is -2.13. The molecule has 0 amide bonds. The molecule has 0 bridgehead atoms. The van der Waals surface area contributed by atoms with E-state index in [-0.39, 0.29) is 11.7 Å². The Bertz CT molecular complexity index is 856. The number of rotatable bonds is 6. The van der Waals surface area contributed by atoms with Crippen molar-refractivity contribution in [3.63, 3.8) is 0 Å². The fourth-order valence-electron chi connectivity index (χ4n) is 2.03. The van der Waals surface area contributed by atoms with Crippen LogP contribution < -0.4 is 15.6 Å². The van der Waals surface area contributed by atoms with Crippen LogP contribution in [0.15, 0.2) is 29.3 Å². The number of nitrogens with one attached hydrogen (secondary N) is 3. The maximum Gasteiger partial charge on any atom is 0.263 e. The van der Waals surface area contributed by atoms with Crippen molar-refractivity contribution in [3.05, 3.63) is 40.4 Å². The molecular weight excluding hydrogens is 296 g/mol. The molecule has 0 aliphatic rings. The second-order valence-electron chi connectivity index (χ2n) is 5.24. The van der Waals surface area contributed by atoms with Crippen LogP contribution in [0.4, 0.5) is 5.95 Å². The zero-order valence-electron chi connectivity index (χ0n) is 13.0. The number of anilines is 1. The number of hydrogen-bond donors (Lipinski definition) is 3. The van der Waals surface area contributed by atoms with Gasteiger partial charge in [0.25, 0.3) is 5.56 Å². The van der Waals surface area contributed by atoms with Crippen LogP contribution in [0.5, 0.6) is 5.88 Å². The van der Waals surface area contributed by atoms with Crippen molar-refractivity contribution in [3.8, 4) is 5.88 Å². The standard InChI is InChI=1S/C15H18N6O2/c1-3-9(2)23-12-6-10(4-5-16-12)7-17-15-19-13-11(8-18-21-13)14(22)20-15/h4-6,8-9H,3,7H2,1-2H3,(H3,17,18,19,20,21,22). The van der Waals surface area contributed by atoms with Crippen molar-refractivity contribution < 1.29 is 4.74 Å². The van der Waals surface area contributed by atoms with Crippen molar-refractivity contribution in [2.24, 2.45) is 0 Å². The maximum absolute atomic E-state index is 11.9. The van der Waals surface area contributed by atoms with E-state index in [0.29, 0.717) is 29.4 Å². The van der Waals surface area contributed by atoms with E-state index in [2.05, 4.69) is 37.4 Å². The molecule has 0 saturated carbocycles. The average molecular weight is 314 g/mol. The summed E-state index contributed by atoms with van der Waals surface area (Å²) in [5.74, 6) is 0.970. The molecule has 0 aliphatic carbocycles. The minimum atomic E-state index is -0.234. The summed E-state index contributed by atoms with van der Waals surface area (Å²) in [4.78, 5) is 23.0. The van der Waals surface area contributed by atoms with Crippen LogP contribution in [-0.4, -0.2) is 31.3 Å². The van der Waals surface area contributed by atoms with E-state index in [1.54, 1.807) is 6.20 Å². The Balaban J connectivity index is 1.72. The molecular formula is C15H18N6O2. The van der Waals surface area contributed by atoms with Gasteiger partial charge in [0.15, 0.2) is 5.65 Å². The number of aromatic nitrogens is 5. The summed E-state index contributed by atoms with van der Waals surface area (Å²) in [6, 6.07) is 3.75. The number of nitrogens with zero attached hydrogens (tertiary/aromatic N) is 3. The third kappa shape index (κ3) is 3.47.